The van der Waals surface area contributed by atoms with Crippen LogP contribution in [-0.4, -0.2) is 34.4 Å². The summed E-state index contributed by atoms with van der Waals surface area (Å²) in [6, 6.07) is 5.87. The molecular formula is C18H26N4O3. The number of nitrogens with zero attached hydrogens (tertiary/aromatic N) is 2. The minimum absolute atomic E-state index is 0.358. The Balaban J connectivity index is 1.87. The fourth-order valence-corrected chi connectivity index (χ4v) is 2.27. The number of carbonyl (C=O) groups excluding carboxylic acids is 1. The molecule has 3 N–H and O–H groups in total. The predicted molar refractivity (Wildman–Crippen MR) is 96.7 cm³/mol. The van der Waals surface area contributed by atoms with Gasteiger partial charge in [-0.1, -0.05) is 12.1 Å². The van der Waals surface area contributed by atoms with Crippen LogP contribution in [0.25, 0.3) is 0 Å². The van der Waals surface area contributed by atoms with Crippen molar-refractivity contribution in [3.63, 3.8) is 0 Å². The number of carbonyl (C=O) groups is 1. The number of amides is 1. The summed E-state index contributed by atoms with van der Waals surface area (Å²) >= 11 is 0. The smallest absolute Gasteiger partial charge is 0.407 e. The van der Waals surface area contributed by atoms with Gasteiger partial charge in [0.1, 0.15) is 18.0 Å². The maximum atomic E-state index is 11.6. The molecule has 2 aromatic rings. The molecule has 1 amide bonds. The maximum Gasteiger partial charge on any atom is 0.407 e. The Morgan fingerprint density at radius 2 is 2.12 bits per heavy atom. The molecule has 0 fully saturated rings. The molecule has 0 aliphatic heterocycles. The average molecular weight is 346 g/mol. The van der Waals surface area contributed by atoms with E-state index in [9.17, 15) is 4.79 Å². The Morgan fingerprint density at radius 3 is 2.76 bits per heavy atom. The molecule has 0 bridgehead atoms. The summed E-state index contributed by atoms with van der Waals surface area (Å²) in [5.41, 5.74) is 7.44. The van der Waals surface area contributed by atoms with Gasteiger partial charge in [-0.25, -0.2) is 9.78 Å². The molecule has 0 radical (unpaired) electrons. The number of nitrogens with one attached hydrogen (secondary N) is 1. The first kappa shape index (κ1) is 18.6. The summed E-state index contributed by atoms with van der Waals surface area (Å²) in [7, 11) is 0. The van der Waals surface area contributed by atoms with Gasteiger partial charge in [-0.15, -0.1) is 0 Å². The third kappa shape index (κ3) is 5.70. The molecule has 0 unspecified atom stereocenters. The SMILES string of the molecule is Cc1c(Cn2ccnc2N)cccc1OCCNC(=O)OC(C)(C)C. The Labute approximate surface area is 148 Å². The summed E-state index contributed by atoms with van der Waals surface area (Å²) in [6.07, 6.45) is 3.07. The number of anilines is 1. The predicted octanol–water partition coefficient (Wildman–Crippen LogP) is 2.73. The van der Waals surface area contributed by atoms with Gasteiger partial charge in [0.2, 0.25) is 0 Å². The molecule has 0 spiro atoms. The Kier molecular flexibility index (Phi) is 5.90. The number of hydrogen-bond donors (Lipinski definition) is 2. The van der Waals surface area contributed by atoms with E-state index in [0.29, 0.717) is 25.6 Å². The highest BCUT2D eigenvalue weighted by Crippen LogP contribution is 2.22. The van der Waals surface area contributed by atoms with Gasteiger partial charge in [-0.3, -0.25) is 0 Å². The number of nitrogen functional groups attached to an aromatic ring is 1. The molecule has 7 heteroatoms. The third-order valence-corrected chi connectivity index (χ3v) is 3.51. The van der Waals surface area contributed by atoms with Gasteiger partial charge in [0, 0.05) is 12.4 Å². The Hall–Kier alpha value is -2.70. The second kappa shape index (κ2) is 7.92. The first-order chi connectivity index (χ1) is 11.8. The minimum Gasteiger partial charge on any atom is -0.491 e. The highest BCUT2D eigenvalue weighted by Gasteiger charge is 2.15. The minimum atomic E-state index is -0.509. The number of benzene rings is 1. The lowest BCUT2D eigenvalue weighted by molar-refractivity contribution is 0.0520. The van der Waals surface area contributed by atoms with Gasteiger partial charge in [-0.2, -0.15) is 0 Å². The van der Waals surface area contributed by atoms with Crippen LogP contribution in [0.4, 0.5) is 10.7 Å². The fourth-order valence-electron chi connectivity index (χ4n) is 2.27. The van der Waals surface area contributed by atoms with E-state index in [2.05, 4.69) is 10.3 Å². The molecule has 136 valence electrons. The van der Waals surface area contributed by atoms with Crippen molar-refractivity contribution >= 4 is 12.0 Å². The summed E-state index contributed by atoms with van der Waals surface area (Å²) in [6.45, 7) is 8.83. The molecule has 0 saturated heterocycles. The van der Waals surface area contributed by atoms with Crippen molar-refractivity contribution in [2.45, 2.75) is 39.8 Å². The van der Waals surface area contributed by atoms with E-state index >= 15 is 0 Å². The number of alkyl carbamates (subject to hydrolysis) is 1. The van der Waals surface area contributed by atoms with Crippen LogP contribution < -0.4 is 15.8 Å². The molecule has 0 saturated carbocycles. The number of aromatic nitrogens is 2. The van der Waals surface area contributed by atoms with E-state index < -0.39 is 11.7 Å². The zero-order valence-corrected chi connectivity index (χ0v) is 15.2. The summed E-state index contributed by atoms with van der Waals surface area (Å²) in [5, 5.41) is 2.67. The summed E-state index contributed by atoms with van der Waals surface area (Å²) in [5.74, 6) is 1.26. The van der Waals surface area contributed by atoms with Crippen LogP contribution in [0.2, 0.25) is 0 Å². The molecule has 0 aliphatic rings. The normalized spacial score (nSPS) is 11.2. The lowest BCUT2D eigenvalue weighted by Gasteiger charge is -2.19. The van der Waals surface area contributed by atoms with Crippen LogP contribution in [0.1, 0.15) is 31.9 Å². The summed E-state index contributed by atoms with van der Waals surface area (Å²) in [4.78, 5) is 15.6. The number of hydrogen-bond acceptors (Lipinski definition) is 5. The van der Waals surface area contributed by atoms with E-state index in [4.69, 9.17) is 15.2 Å². The van der Waals surface area contributed by atoms with Crippen LogP contribution in [0.3, 0.4) is 0 Å². The molecule has 1 heterocycles. The van der Waals surface area contributed by atoms with E-state index in [1.807, 2.05) is 56.7 Å². The molecule has 1 aromatic carbocycles. The molecule has 1 aromatic heterocycles. The molecule has 0 aliphatic carbocycles. The van der Waals surface area contributed by atoms with Crippen molar-refractivity contribution in [3.8, 4) is 5.75 Å². The van der Waals surface area contributed by atoms with Crippen molar-refractivity contribution in [3.05, 3.63) is 41.7 Å². The Bertz CT molecular complexity index is 719. The maximum absolute atomic E-state index is 11.6. The third-order valence-electron chi connectivity index (χ3n) is 3.51. The van der Waals surface area contributed by atoms with Gasteiger partial charge >= 0.3 is 6.09 Å². The van der Waals surface area contributed by atoms with E-state index in [-0.39, 0.29) is 0 Å². The van der Waals surface area contributed by atoms with E-state index in [0.717, 1.165) is 16.9 Å². The van der Waals surface area contributed by atoms with Gasteiger partial charge in [-0.05, 0) is 44.9 Å². The number of ether oxygens (including phenoxy) is 2. The van der Waals surface area contributed by atoms with Gasteiger partial charge in [0.15, 0.2) is 5.95 Å². The monoisotopic (exact) mass is 346 g/mol. The summed E-state index contributed by atoms with van der Waals surface area (Å²) < 4.78 is 12.8. The van der Waals surface area contributed by atoms with Crippen LogP contribution in [0.5, 0.6) is 5.75 Å². The highest BCUT2D eigenvalue weighted by atomic mass is 16.6. The topological polar surface area (TPSA) is 91.4 Å². The van der Waals surface area contributed by atoms with Gasteiger partial charge < -0.3 is 25.1 Å². The highest BCUT2D eigenvalue weighted by molar-refractivity contribution is 5.67. The molecule has 7 nitrogen and oxygen atoms in total. The number of rotatable bonds is 6. The molecule has 2 rings (SSSR count). The van der Waals surface area contributed by atoms with Crippen molar-refractivity contribution in [2.75, 3.05) is 18.9 Å². The fraction of sp³-hybridized carbons (Fsp3) is 0.444. The quantitative estimate of drug-likeness (QED) is 0.785. The van der Waals surface area contributed by atoms with E-state index in [1.54, 1.807) is 6.20 Å². The Morgan fingerprint density at radius 1 is 1.36 bits per heavy atom. The first-order valence-corrected chi connectivity index (χ1v) is 8.21. The standard InChI is InChI=1S/C18H26N4O3/c1-13-14(12-22-10-8-20-16(22)19)6-5-7-15(13)24-11-9-21-17(23)25-18(2,3)4/h5-8,10H,9,11-12H2,1-4H3,(H2,19,20)(H,21,23). The van der Waals surface area contributed by atoms with Crippen LogP contribution in [0.15, 0.2) is 30.6 Å². The van der Waals surface area contributed by atoms with E-state index in [1.165, 1.54) is 0 Å². The number of nitrogens with two attached hydrogens (primary N) is 1. The molecule has 25 heavy (non-hydrogen) atoms. The van der Waals surface area contributed by atoms with Gasteiger partial charge in [0.05, 0.1) is 13.1 Å². The zero-order valence-electron chi connectivity index (χ0n) is 15.2. The number of imidazole rings is 1. The van der Waals surface area contributed by atoms with Gasteiger partial charge in [0.25, 0.3) is 0 Å². The second-order valence-electron chi connectivity index (χ2n) is 6.73. The zero-order chi connectivity index (χ0) is 18.4. The second-order valence-corrected chi connectivity index (χ2v) is 6.73. The van der Waals surface area contributed by atoms with Crippen molar-refractivity contribution < 1.29 is 14.3 Å². The average Bonchev–Trinajstić information content (AvgIpc) is 2.90. The largest absolute Gasteiger partial charge is 0.491 e. The van der Waals surface area contributed by atoms with Crippen LogP contribution in [-0.2, 0) is 11.3 Å². The van der Waals surface area contributed by atoms with Crippen molar-refractivity contribution in [1.29, 1.82) is 0 Å². The van der Waals surface area contributed by atoms with Crippen molar-refractivity contribution in [2.24, 2.45) is 0 Å². The lowest BCUT2D eigenvalue weighted by atomic mass is 10.1. The lowest BCUT2D eigenvalue weighted by Crippen LogP contribution is -2.34. The molecule has 0 atom stereocenters. The van der Waals surface area contributed by atoms with Crippen molar-refractivity contribution in [1.82, 2.24) is 14.9 Å². The van der Waals surface area contributed by atoms with Crippen LogP contribution >= 0.6 is 0 Å². The first-order valence-electron chi connectivity index (χ1n) is 8.21. The van der Waals surface area contributed by atoms with Crippen LogP contribution in [0, 0.1) is 6.92 Å². The molecular weight excluding hydrogens is 320 g/mol.